The first-order valence-electron chi connectivity index (χ1n) is 7.24. The predicted molar refractivity (Wildman–Crippen MR) is 88.7 cm³/mol. The molecule has 23 heavy (non-hydrogen) atoms. The van der Waals surface area contributed by atoms with Crippen molar-refractivity contribution in [1.29, 1.82) is 0 Å². The maximum atomic E-state index is 13.0. The molecule has 0 spiro atoms. The van der Waals surface area contributed by atoms with Crippen molar-refractivity contribution in [2.45, 2.75) is 5.16 Å². The van der Waals surface area contributed by atoms with E-state index in [1.165, 1.54) is 11.8 Å². The lowest BCUT2D eigenvalue weighted by molar-refractivity contribution is 0.0954. The summed E-state index contributed by atoms with van der Waals surface area (Å²) in [6, 6.07) is 12.9. The average Bonchev–Trinajstić information content (AvgIpc) is 2.99. The van der Waals surface area contributed by atoms with Crippen molar-refractivity contribution in [3.05, 3.63) is 48.0 Å². The summed E-state index contributed by atoms with van der Waals surface area (Å²) in [5, 5.41) is 0.672. The third-order valence-electron chi connectivity index (χ3n) is 3.70. The number of thioether (sulfide) groups is 1. The largest absolute Gasteiger partial charge is 0.486 e. The summed E-state index contributed by atoms with van der Waals surface area (Å²) in [6.45, 7) is 1.03. The Morgan fingerprint density at radius 1 is 1.13 bits per heavy atom. The Labute approximate surface area is 137 Å². The van der Waals surface area contributed by atoms with E-state index in [-0.39, 0.29) is 5.91 Å². The first-order chi connectivity index (χ1) is 11.3. The van der Waals surface area contributed by atoms with Crippen molar-refractivity contribution < 1.29 is 14.3 Å². The van der Waals surface area contributed by atoms with Gasteiger partial charge < -0.3 is 9.47 Å². The summed E-state index contributed by atoms with van der Waals surface area (Å²) in [7, 11) is 0. The molecule has 0 bridgehead atoms. The van der Waals surface area contributed by atoms with Gasteiger partial charge in [0.05, 0.1) is 11.0 Å². The van der Waals surface area contributed by atoms with Crippen molar-refractivity contribution in [3.63, 3.8) is 0 Å². The van der Waals surface area contributed by atoms with E-state index < -0.39 is 0 Å². The summed E-state index contributed by atoms with van der Waals surface area (Å²) >= 11 is 1.45. The number of aromatic nitrogens is 2. The number of hydrogen-bond donors (Lipinski definition) is 0. The second-order valence-electron chi connectivity index (χ2n) is 5.09. The van der Waals surface area contributed by atoms with Gasteiger partial charge in [-0.1, -0.05) is 23.9 Å². The molecule has 116 valence electrons. The monoisotopic (exact) mass is 326 g/mol. The van der Waals surface area contributed by atoms with E-state index in [0.29, 0.717) is 35.4 Å². The Bertz CT molecular complexity index is 904. The normalized spacial score (nSPS) is 13.3. The molecule has 3 aromatic rings. The van der Waals surface area contributed by atoms with Gasteiger partial charge in [-0.15, -0.1) is 0 Å². The molecule has 0 N–H and O–H groups in total. The summed E-state index contributed by atoms with van der Waals surface area (Å²) in [5.41, 5.74) is 2.16. The van der Waals surface area contributed by atoms with Crippen molar-refractivity contribution in [1.82, 2.24) is 9.55 Å². The van der Waals surface area contributed by atoms with Gasteiger partial charge in [-0.3, -0.25) is 9.36 Å². The van der Waals surface area contributed by atoms with E-state index in [1.807, 2.05) is 30.5 Å². The fourth-order valence-corrected chi connectivity index (χ4v) is 3.20. The van der Waals surface area contributed by atoms with E-state index >= 15 is 0 Å². The lowest BCUT2D eigenvalue weighted by Crippen LogP contribution is -2.17. The van der Waals surface area contributed by atoms with Crippen LogP contribution in [-0.2, 0) is 0 Å². The number of rotatable bonds is 2. The molecule has 0 amide bonds. The van der Waals surface area contributed by atoms with Crippen LogP contribution < -0.4 is 9.47 Å². The third-order valence-corrected chi connectivity index (χ3v) is 4.34. The second kappa shape index (κ2) is 5.62. The summed E-state index contributed by atoms with van der Waals surface area (Å²) in [5.74, 6) is 1.16. The number of imidazole rings is 1. The van der Waals surface area contributed by atoms with Crippen LogP contribution >= 0.6 is 11.8 Å². The third kappa shape index (κ3) is 2.35. The highest BCUT2D eigenvalue weighted by atomic mass is 32.2. The SMILES string of the molecule is CSc1nc2ccccc2n1C(=O)c1ccc2c(c1)OCCO2. The van der Waals surface area contributed by atoms with Gasteiger partial charge in [0.25, 0.3) is 5.91 Å². The molecular formula is C17H14N2O3S. The van der Waals surface area contributed by atoms with Gasteiger partial charge in [0.15, 0.2) is 16.7 Å². The zero-order chi connectivity index (χ0) is 15.8. The first-order valence-corrected chi connectivity index (χ1v) is 8.46. The van der Waals surface area contributed by atoms with E-state index in [2.05, 4.69) is 4.98 Å². The fourth-order valence-electron chi connectivity index (χ4n) is 2.64. The Kier molecular flexibility index (Phi) is 3.46. The van der Waals surface area contributed by atoms with Crippen LogP contribution in [-0.4, -0.2) is 34.9 Å². The molecule has 5 nitrogen and oxygen atoms in total. The molecule has 0 atom stereocenters. The highest BCUT2D eigenvalue weighted by molar-refractivity contribution is 7.98. The molecule has 0 saturated carbocycles. The quantitative estimate of drug-likeness (QED) is 0.677. The highest BCUT2D eigenvalue weighted by Crippen LogP contribution is 2.32. The zero-order valence-corrected chi connectivity index (χ0v) is 13.3. The van der Waals surface area contributed by atoms with Crippen LogP contribution in [0.5, 0.6) is 11.5 Å². The molecule has 2 heterocycles. The Hall–Kier alpha value is -2.47. The molecule has 1 aliphatic rings. The number of ether oxygens (including phenoxy) is 2. The van der Waals surface area contributed by atoms with Crippen LogP contribution in [0.2, 0.25) is 0 Å². The molecule has 1 aliphatic heterocycles. The Balaban J connectivity index is 1.83. The molecular weight excluding hydrogens is 312 g/mol. The Morgan fingerprint density at radius 2 is 1.91 bits per heavy atom. The van der Waals surface area contributed by atoms with Gasteiger partial charge in [0.1, 0.15) is 13.2 Å². The molecule has 6 heteroatoms. The van der Waals surface area contributed by atoms with Crippen molar-refractivity contribution in [2.75, 3.05) is 19.5 Å². The highest BCUT2D eigenvalue weighted by Gasteiger charge is 2.20. The van der Waals surface area contributed by atoms with E-state index in [4.69, 9.17) is 9.47 Å². The van der Waals surface area contributed by atoms with Gasteiger partial charge in [-0.25, -0.2) is 4.98 Å². The minimum atomic E-state index is -0.125. The number of benzene rings is 2. The number of carbonyl (C=O) groups excluding carboxylic acids is 1. The summed E-state index contributed by atoms with van der Waals surface area (Å²) < 4.78 is 12.7. The molecule has 0 saturated heterocycles. The van der Waals surface area contributed by atoms with E-state index in [9.17, 15) is 4.79 Å². The minimum absolute atomic E-state index is 0.125. The molecule has 0 aliphatic carbocycles. The lowest BCUT2D eigenvalue weighted by atomic mass is 10.1. The number of hydrogen-bond acceptors (Lipinski definition) is 5. The first kappa shape index (κ1) is 14.1. The van der Waals surface area contributed by atoms with Gasteiger partial charge in [0.2, 0.25) is 0 Å². The van der Waals surface area contributed by atoms with Gasteiger partial charge in [-0.05, 0) is 36.6 Å². The van der Waals surface area contributed by atoms with E-state index in [0.717, 1.165) is 11.0 Å². The minimum Gasteiger partial charge on any atom is -0.486 e. The Morgan fingerprint density at radius 3 is 2.74 bits per heavy atom. The smallest absolute Gasteiger partial charge is 0.264 e. The fraction of sp³-hybridized carbons (Fsp3) is 0.176. The van der Waals surface area contributed by atoms with Crippen LogP contribution in [0.3, 0.4) is 0 Å². The molecule has 2 aromatic carbocycles. The maximum Gasteiger partial charge on any atom is 0.264 e. The average molecular weight is 326 g/mol. The topological polar surface area (TPSA) is 53.4 Å². The van der Waals surface area contributed by atoms with Crippen molar-refractivity contribution in [3.8, 4) is 11.5 Å². The number of fused-ring (bicyclic) bond motifs is 2. The standard InChI is InChI=1S/C17H14N2O3S/c1-23-17-18-12-4-2-3-5-13(12)19(17)16(20)11-6-7-14-15(10-11)22-9-8-21-14/h2-7,10H,8-9H2,1H3. The molecule has 0 unspecified atom stereocenters. The van der Waals surface area contributed by atoms with Crippen LogP contribution in [0.15, 0.2) is 47.6 Å². The van der Waals surface area contributed by atoms with Crippen molar-refractivity contribution in [2.24, 2.45) is 0 Å². The number of nitrogens with zero attached hydrogens (tertiary/aromatic N) is 2. The maximum absolute atomic E-state index is 13.0. The lowest BCUT2D eigenvalue weighted by Gasteiger charge is -2.18. The van der Waals surface area contributed by atoms with Crippen LogP contribution in [0, 0.1) is 0 Å². The molecule has 4 rings (SSSR count). The summed E-state index contributed by atoms with van der Waals surface area (Å²) in [6.07, 6.45) is 1.91. The predicted octanol–water partition coefficient (Wildman–Crippen LogP) is 3.22. The van der Waals surface area contributed by atoms with Crippen LogP contribution in [0.25, 0.3) is 11.0 Å². The zero-order valence-electron chi connectivity index (χ0n) is 12.5. The number of para-hydroxylation sites is 2. The van der Waals surface area contributed by atoms with Gasteiger partial charge >= 0.3 is 0 Å². The van der Waals surface area contributed by atoms with Crippen molar-refractivity contribution >= 4 is 28.7 Å². The summed E-state index contributed by atoms with van der Waals surface area (Å²) in [4.78, 5) is 17.5. The van der Waals surface area contributed by atoms with Crippen LogP contribution in [0.4, 0.5) is 0 Å². The molecule has 0 fully saturated rings. The van der Waals surface area contributed by atoms with Gasteiger partial charge in [0, 0.05) is 5.56 Å². The van der Waals surface area contributed by atoms with Gasteiger partial charge in [-0.2, -0.15) is 0 Å². The molecule has 0 radical (unpaired) electrons. The molecule has 1 aromatic heterocycles. The number of carbonyl (C=O) groups is 1. The van der Waals surface area contributed by atoms with Crippen LogP contribution in [0.1, 0.15) is 10.4 Å². The second-order valence-corrected chi connectivity index (χ2v) is 5.86. The van der Waals surface area contributed by atoms with E-state index in [1.54, 1.807) is 22.8 Å².